The van der Waals surface area contributed by atoms with Gasteiger partial charge in [0.15, 0.2) is 0 Å². The number of rotatable bonds is 4. The first-order valence-electron chi connectivity index (χ1n) is 5.07. The van der Waals surface area contributed by atoms with Crippen molar-refractivity contribution in [3.63, 3.8) is 0 Å². The quantitative estimate of drug-likeness (QED) is 0.408. The molecule has 0 aliphatic heterocycles. The number of carbonyl (C=O) groups excluding carboxylic acids is 1. The lowest BCUT2D eigenvalue weighted by Crippen LogP contribution is -3.00. The van der Waals surface area contributed by atoms with E-state index < -0.39 is 0 Å². The number of H-pyrrole nitrogens is 1. The largest absolute Gasteiger partial charge is 1.00 e. The highest BCUT2D eigenvalue weighted by Crippen LogP contribution is 2.09. The van der Waals surface area contributed by atoms with Gasteiger partial charge in [-0.15, -0.1) is 0 Å². The van der Waals surface area contributed by atoms with Crippen molar-refractivity contribution >= 4 is 5.97 Å². The summed E-state index contributed by atoms with van der Waals surface area (Å²) in [4.78, 5) is 14.3. The molecular formula is C11H19IN2O2. The number of halogens is 1. The Labute approximate surface area is 114 Å². The number of aromatic amines is 1. The summed E-state index contributed by atoms with van der Waals surface area (Å²) >= 11 is 0. The van der Waals surface area contributed by atoms with Crippen LogP contribution in [0.15, 0.2) is 12.3 Å². The first-order chi connectivity index (χ1) is 6.92. The van der Waals surface area contributed by atoms with Crippen LogP contribution in [0.3, 0.4) is 0 Å². The Bertz CT molecular complexity index is 342. The van der Waals surface area contributed by atoms with E-state index in [0.29, 0.717) is 12.3 Å². The van der Waals surface area contributed by atoms with Crippen LogP contribution >= 0.6 is 0 Å². The Balaban J connectivity index is 0.00000225. The molecule has 0 aliphatic rings. The molecule has 1 aromatic heterocycles. The van der Waals surface area contributed by atoms with Crippen LogP contribution in [0.4, 0.5) is 0 Å². The standard InChI is InChI=1S/C11H18N2O2.HI/c1-5-15-11(14)10-6-9(7-12-10)8-13(2,3)4;/h6-7H,5,8H2,1-4H3;1H. The topological polar surface area (TPSA) is 42.1 Å². The summed E-state index contributed by atoms with van der Waals surface area (Å²) in [6.07, 6.45) is 1.86. The highest BCUT2D eigenvalue weighted by molar-refractivity contribution is 5.87. The third-order valence-corrected chi connectivity index (χ3v) is 1.90. The van der Waals surface area contributed by atoms with Crippen LogP contribution in [0.2, 0.25) is 0 Å². The molecule has 0 aromatic carbocycles. The Morgan fingerprint density at radius 1 is 1.44 bits per heavy atom. The summed E-state index contributed by atoms with van der Waals surface area (Å²) in [7, 11) is 6.32. The predicted octanol–water partition coefficient (Wildman–Crippen LogP) is -1.60. The fraction of sp³-hybridized carbons (Fsp3) is 0.545. The number of esters is 1. The fourth-order valence-corrected chi connectivity index (χ4v) is 1.40. The van der Waals surface area contributed by atoms with E-state index in [2.05, 4.69) is 26.1 Å². The van der Waals surface area contributed by atoms with Crippen molar-refractivity contribution < 1.29 is 38.0 Å². The summed E-state index contributed by atoms with van der Waals surface area (Å²) in [6.45, 7) is 3.09. The molecule has 1 rings (SSSR count). The number of aromatic nitrogens is 1. The van der Waals surface area contributed by atoms with Gasteiger partial charge >= 0.3 is 5.97 Å². The second kappa shape index (κ2) is 6.24. The molecule has 4 nitrogen and oxygen atoms in total. The molecule has 0 fully saturated rings. The summed E-state index contributed by atoms with van der Waals surface area (Å²) in [6, 6.07) is 1.85. The minimum Gasteiger partial charge on any atom is -1.00 e. The van der Waals surface area contributed by atoms with E-state index in [-0.39, 0.29) is 29.9 Å². The van der Waals surface area contributed by atoms with Crippen LogP contribution in [0.5, 0.6) is 0 Å². The lowest BCUT2D eigenvalue weighted by molar-refractivity contribution is -0.883. The zero-order valence-corrected chi connectivity index (χ0v) is 12.4. The van der Waals surface area contributed by atoms with Crippen molar-refractivity contribution in [1.82, 2.24) is 4.98 Å². The average Bonchev–Trinajstić information content (AvgIpc) is 2.50. The summed E-state index contributed by atoms with van der Waals surface area (Å²) < 4.78 is 5.73. The van der Waals surface area contributed by atoms with Gasteiger partial charge in [-0.2, -0.15) is 0 Å². The van der Waals surface area contributed by atoms with Gasteiger partial charge < -0.3 is 38.2 Å². The van der Waals surface area contributed by atoms with Crippen LogP contribution < -0.4 is 24.0 Å². The average molecular weight is 338 g/mol. The molecule has 16 heavy (non-hydrogen) atoms. The van der Waals surface area contributed by atoms with Crippen LogP contribution in [0.1, 0.15) is 23.0 Å². The maximum absolute atomic E-state index is 11.4. The van der Waals surface area contributed by atoms with Gasteiger partial charge in [0.2, 0.25) is 0 Å². The third kappa shape index (κ3) is 4.98. The normalized spacial score (nSPS) is 10.8. The lowest BCUT2D eigenvalue weighted by Gasteiger charge is -2.22. The number of ether oxygens (including phenoxy) is 1. The Hall–Kier alpha value is -0.560. The van der Waals surface area contributed by atoms with E-state index in [1.54, 1.807) is 6.92 Å². The smallest absolute Gasteiger partial charge is 0.354 e. The fourth-order valence-electron chi connectivity index (χ4n) is 1.40. The highest BCUT2D eigenvalue weighted by Gasteiger charge is 2.13. The van der Waals surface area contributed by atoms with Crippen molar-refractivity contribution in [3.8, 4) is 0 Å². The Morgan fingerprint density at radius 3 is 2.56 bits per heavy atom. The third-order valence-electron chi connectivity index (χ3n) is 1.90. The molecule has 0 atom stereocenters. The molecule has 0 radical (unpaired) electrons. The molecule has 5 heteroatoms. The second-order valence-electron chi connectivity index (χ2n) is 4.59. The molecule has 0 saturated carbocycles. The number of quaternary nitrogens is 1. The maximum Gasteiger partial charge on any atom is 0.354 e. The number of nitrogens with zero attached hydrogens (tertiary/aromatic N) is 1. The van der Waals surface area contributed by atoms with E-state index in [0.717, 1.165) is 16.6 Å². The van der Waals surface area contributed by atoms with Crippen LogP contribution in [0, 0.1) is 0 Å². The van der Waals surface area contributed by atoms with Gasteiger partial charge in [0, 0.05) is 11.8 Å². The summed E-state index contributed by atoms with van der Waals surface area (Å²) in [5.74, 6) is -0.287. The predicted molar refractivity (Wildman–Crippen MR) is 58.5 cm³/mol. The summed E-state index contributed by atoms with van der Waals surface area (Å²) in [5, 5.41) is 0. The zero-order chi connectivity index (χ0) is 11.5. The monoisotopic (exact) mass is 338 g/mol. The van der Waals surface area contributed by atoms with Crippen molar-refractivity contribution in [1.29, 1.82) is 0 Å². The van der Waals surface area contributed by atoms with Gasteiger partial charge in [0.1, 0.15) is 12.2 Å². The van der Waals surface area contributed by atoms with Crippen molar-refractivity contribution in [3.05, 3.63) is 23.5 Å². The lowest BCUT2D eigenvalue weighted by atomic mass is 10.3. The van der Waals surface area contributed by atoms with Crippen molar-refractivity contribution in [2.45, 2.75) is 13.5 Å². The van der Waals surface area contributed by atoms with E-state index >= 15 is 0 Å². The first kappa shape index (κ1) is 15.4. The molecule has 0 aliphatic carbocycles. The molecule has 0 spiro atoms. The molecule has 1 N–H and O–H groups in total. The van der Waals surface area contributed by atoms with Crippen LogP contribution in [0.25, 0.3) is 0 Å². The van der Waals surface area contributed by atoms with Gasteiger partial charge in [0.05, 0.1) is 27.7 Å². The Kier molecular flexibility index (Phi) is 6.02. The summed E-state index contributed by atoms with van der Waals surface area (Å²) in [5.41, 5.74) is 1.64. The number of nitrogens with one attached hydrogen (secondary N) is 1. The van der Waals surface area contributed by atoms with E-state index in [1.807, 2.05) is 12.3 Å². The molecule has 0 bridgehead atoms. The van der Waals surface area contributed by atoms with Crippen molar-refractivity contribution in [2.24, 2.45) is 0 Å². The van der Waals surface area contributed by atoms with Gasteiger partial charge in [-0.25, -0.2) is 4.79 Å². The highest BCUT2D eigenvalue weighted by atomic mass is 127. The molecule has 1 heterocycles. The van der Waals surface area contributed by atoms with Gasteiger partial charge in [0.25, 0.3) is 0 Å². The van der Waals surface area contributed by atoms with Gasteiger partial charge in [-0.05, 0) is 13.0 Å². The van der Waals surface area contributed by atoms with Crippen molar-refractivity contribution in [2.75, 3.05) is 27.7 Å². The molecule has 0 saturated heterocycles. The molecular weight excluding hydrogens is 319 g/mol. The first-order valence-corrected chi connectivity index (χ1v) is 5.07. The van der Waals surface area contributed by atoms with Gasteiger partial charge in [-0.1, -0.05) is 0 Å². The molecule has 0 amide bonds. The van der Waals surface area contributed by atoms with E-state index in [4.69, 9.17) is 4.74 Å². The molecule has 1 aromatic rings. The molecule has 92 valence electrons. The van der Waals surface area contributed by atoms with E-state index in [9.17, 15) is 4.79 Å². The minimum atomic E-state index is -0.287. The number of carbonyl (C=O) groups is 1. The number of hydrogen-bond donors (Lipinski definition) is 1. The Morgan fingerprint density at radius 2 is 2.06 bits per heavy atom. The molecule has 0 unspecified atom stereocenters. The van der Waals surface area contributed by atoms with Crippen LogP contribution in [-0.4, -0.2) is 43.2 Å². The second-order valence-corrected chi connectivity index (χ2v) is 4.59. The minimum absolute atomic E-state index is 0. The van der Waals surface area contributed by atoms with Gasteiger partial charge in [-0.3, -0.25) is 0 Å². The van der Waals surface area contributed by atoms with Crippen LogP contribution in [-0.2, 0) is 11.3 Å². The van der Waals surface area contributed by atoms with E-state index in [1.165, 1.54) is 0 Å². The SMILES string of the molecule is CCOC(=O)c1cc(C[N+](C)(C)C)c[nH]1.[I-]. The maximum atomic E-state index is 11.4. The number of hydrogen-bond acceptors (Lipinski definition) is 2. The zero-order valence-electron chi connectivity index (χ0n) is 10.2.